The van der Waals surface area contributed by atoms with E-state index in [2.05, 4.69) is 5.32 Å². The maximum absolute atomic E-state index is 3.96. The summed E-state index contributed by atoms with van der Waals surface area (Å²) in [5.74, 6) is 5.53. The van der Waals surface area contributed by atoms with E-state index in [4.69, 9.17) is 0 Å². The molecule has 4 fully saturated rings. The van der Waals surface area contributed by atoms with Crippen LogP contribution in [0, 0.1) is 29.6 Å². The van der Waals surface area contributed by atoms with Gasteiger partial charge in [0.1, 0.15) is 0 Å². The third kappa shape index (κ3) is 1.85. The first-order chi connectivity index (χ1) is 8.43. The molecule has 0 saturated heterocycles. The van der Waals surface area contributed by atoms with E-state index in [1.165, 1.54) is 45.1 Å². The van der Waals surface area contributed by atoms with E-state index in [0.717, 1.165) is 35.6 Å². The Morgan fingerprint density at radius 2 is 1.41 bits per heavy atom. The Bertz CT molecular complexity index is 263. The number of hydrogen-bond donors (Lipinski definition) is 1. The molecule has 0 aromatic rings. The van der Waals surface area contributed by atoms with Gasteiger partial charge in [-0.05, 0) is 68.2 Å². The Morgan fingerprint density at radius 1 is 0.765 bits per heavy atom. The van der Waals surface area contributed by atoms with Crippen LogP contribution in [0.1, 0.15) is 57.8 Å². The number of nitrogens with one attached hydrogen (secondary N) is 1. The van der Waals surface area contributed by atoms with E-state index in [9.17, 15) is 0 Å². The van der Waals surface area contributed by atoms with Crippen LogP contribution in [-0.2, 0) is 0 Å². The summed E-state index contributed by atoms with van der Waals surface area (Å²) in [7, 11) is 0. The molecule has 96 valence electrons. The number of rotatable bonds is 3. The molecular weight excluding hydrogens is 206 g/mol. The summed E-state index contributed by atoms with van der Waals surface area (Å²) in [6.07, 6.45) is 13.7. The average molecular weight is 233 g/mol. The van der Waals surface area contributed by atoms with Gasteiger partial charge >= 0.3 is 0 Å². The monoisotopic (exact) mass is 233 g/mol. The fraction of sp³-hybridized carbons (Fsp3) is 1.00. The van der Waals surface area contributed by atoms with Crippen molar-refractivity contribution < 1.29 is 0 Å². The van der Waals surface area contributed by atoms with E-state index in [0.29, 0.717) is 0 Å². The summed E-state index contributed by atoms with van der Waals surface area (Å²) in [4.78, 5) is 0. The Morgan fingerprint density at radius 3 is 2.06 bits per heavy atom. The van der Waals surface area contributed by atoms with Crippen molar-refractivity contribution >= 4 is 0 Å². The molecule has 4 atom stereocenters. The third-order valence-corrected chi connectivity index (χ3v) is 6.35. The molecule has 1 N–H and O–H groups in total. The van der Waals surface area contributed by atoms with E-state index in [-0.39, 0.29) is 0 Å². The summed E-state index contributed by atoms with van der Waals surface area (Å²) >= 11 is 0. The zero-order chi connectivity index (χ0) is 11.2. The molecule has 0 aliphatic heterocycles. The minimum absolute atomic E-state index is 0.963. The second-order valence-corrected chi connectivity index (χ2v) is 7.28. The van der Waals surface area contributed by atoms with Crippen molar-refractivity contribution in [1.82, 2.24) is 5.32 Å². The molecule has 17 heavy (non-hydrogen) atoms. The Kier molecular flexibility index (Phi) is 2.72. The molecule has 0 aromatic heterocycles. The maximum Gasteiger partial charge on any atom is 0.0136 e. The highest BCUT2D eigenvalue weighted by Crippen LogP contribution is 2.65. The van der Waals surface area contributed by atoms with Crippen LogP contribution in [0.25, 0.3) is 0 Å². The van der Waals surface area contributed by atoms with Crippen molar-refractivity contribution in [2.45, 2.75) is 63.8 Å². The topological polar surface area (TPSA) is 12.0 Å². The Labute approximate surface area is 106 Å². The second kappa shape index (κ2) is 4.26. The minimum Gasteiger partial charge on any atom is -0.313 e. The van der Waals surface area contributed by atoms with Crippen molar-refractivity contribution in [3.05, 3.63) is 0 Å². The van der Waals surface area contributed by atoms with Gasteiger partial charge in [0.2, 0.25) is 0 Å². The Balaban J connectivity index is 1.26. The fourth-order valence-electron chi connectivity index (χ4n) is 5.47. The van der Waals surface area contributed by atoms with Crippen LogP contribution in [0.3, 0.4) is 0 Å². The van der Waals surface area contributed by atoms with Crippen LogP contribution in [0.2, 0.25) is 0 Å². The van der Waals surface area contributed by atoms with Gasteiger partial charge in [-0.3, -0.25) is 0 Å². The molecule has 0 aromatic carbocycles. The first kappa shape index (κ1) is 10.8. The molecule has 0 spiro atoms. The molecule has 0 heterocycles. The van der Waals surface area contributed by atoms with Crippen LogP contribution in [0.15, 0.2) is 0 Å². The standard InChI is InChI=1S/C16H27N/c1-2-4-6-11(5-3-1)10-17-16-14-12-7-8-13(9-12)15(14)16/h11-17H,1-10H2. The lowest BCUT2D eigenvalue weighted by Crippen LogP contribution is -2.28. The minimum atomic E-state index is 0.963. The molecular formula is C16H27N. The predicted molar refractivity (Wildman–Crippen MR) is 70.8 cm³/mol. The van der Waals surface area contributed by atoms with Gasteiger partial charge in [-0.2, -0.15) is 0 Å². The molecule has 4 unspecified atom stereocenters. The molecule has 4 saturated carbocycles. The van der Waals surface area contributed by atoms with Gasteiger partial charge in [0.15, 0.2) is 0 Å². The molecule has 2 bridgehead atoms. The van der Waals surface area contributed by atoms with E-state index in [1.807, 2.05) is 0 Å². The first-order valence-electron chi connectivity index (χ1n) is 8.17. The van der Waals surface area contributed by atoms with E-state index >= 15 is 0 Å². The summed E-state index contributed by atoms with van der Waals surface area (Å²) in [5, 5.41) is 3.96. The largest absolute Gasteiger partial charge is 0.313 e. The zero-order valence-corrected chi connectivity index (χ0v) is 11.0. The van der Waals surface area contributed by atoms with Crippen molar-refractivity contribution in [3.63, 3.8) is 0 Å². The SMILES string of the molecule is C1CCCC(CNC2C3C4CCC(C4)C23)CC1. The predicted octanol–water partition coefficient (Wildman–Crippen LogP) is 3.59. The molecule has 4 aliphatic carbocycles. The third-order valence-electron chi connectivity index (χ3n) is 6.35. The van der Waals surface area contributed by atoms with Gasteiger partial charge in [-0.15, -0.1) is 0 Å². The van der Waals surface area contributed by atoms with Gasteiger partial charge in [-0.1, -0.05) is 25.7 Å². The van der Waals surface area contributed by atoms with Crippen LogP contribution in [-0.4, -0.2) is 12.6 Å². The van der Waals surface area contributed by atoms with Gasteiger partial charge in [-0.25, -0.2) is 0 Å². The lowest BCUT2D eigenvalue weighted by atomic mass is 10.00. The van der Waals surface area contributed by atoms with Crippen molar-refractivity contribution in [2.24, 2.45) is 29.6 Å². The van der Waals surface area contributed by atoms with E-state index in [1.54, 1.807) is 19.3 Å². The van der Waals surface area contributed by atoms with Crippen LogP contribution >= 0.6 is 0 Å². The molecule has 4 aliphatic rings. The van der Waals surface area contributed by atoms with Gasteiger partial charge in [0.25, 0.3) is 0 Å². The van der Waals surface area contributed by atoms with Gasteiger partial charge in [0, 0.05) is 6.04 Å². The quantitative estimate of drug-likeness (QED) is 0.735. The molecule has 1 nitrogen and oxygen atoms in total. The smallest absolute Gasteiger partial charge is 0.0136 e. The lowest BCUT2D eigenvalue weighted by Gasteiger charge is -2.17. The van der Waals surface area contributed by atoms with Crippen molar-refractivity contribution in [2.75, 3.05) is 6.54 Å². The summed E-state index contributed by atoms with van der Waals surface area (Å²) < 4.78 is 0. The maximum atomic E-state index is 3.96. The highest BCUT2D eigenvalue weighted by atomic mass is 15.0. The number of fused-ring (bicyclic) bond motifs is 5. The molecule has 0 radical (unpaired) electrons. The van der Waals surface area contributed by atoms with Crippen LogP contribution < -0.4 is 5.32 Å². The van der Waals surface area contributed by atoms with Gasteiger partial charge < -0.3 is 5.32 Å². The normalized spacial score (nSPS) is 49.1. The molecule has 4 rings (SSSR count). The fourth-order valence-corrected chi connectivity index (χ4v) is 5.47. The van der Waals surface area contributed by atoms with Crippen molar-refractivity contribution in [1.29, 1.82) is 0 Å². The van der Waals surface area contributed by atoms with Crippen LogP contribution in [0.5, 0.6) is 0 Å². The highest BCUT2D eigenvalue weighted by Gasteiger charge is 2.64. The highest BCUT2D eigenvalue weighted by molar-refractivity contribution is 5.16. The lowest BCUT2D eigenvalue weighted by molar-refractivity contribution is 0.390. The van der Waals surface area contributed by atoms with Crippen LogP contribution in [0.4, 0.5) is 0 Å². The molecule has 0 amide bonds. The zero-order valence-electron chi connectivity index (χ0n) is 11.0. The Hall–Kier alpha value is -0.0400. The average Bonchev–Trinajstić information content (AvgIpc) is 2.87. The van der Waals surface area contributed by atoms with Gasteiger partial charge in [0.05, 0.1) is 0 Å². The summed E-state index contributed by atoms with van der Waals surface area (Å²) in [6.45, 7) is 1.34. The van der Waals surface area contributed by atoms with E-state index < -0.39 is 0 Å². The summed E-state index contributed by atoms with van der Waals surface area (Å²) in [5.41, 5.74) is 0. The van der Waals surface area contributed by atoms with Crippen molar-refractivity contribution in [3.8, 4) is 0 Å². The number of hydrogen-bond acceptors (Lipinski definition) is 1. The summed E-state index contributed by atoms with van der Waals surface area (Å²) in [6, 6.07) is 0.963. The first-order valence-corrected chi connectivity index (χ1v) is 8.17. The second-order valence-electron chi connectivity index (χ2n) is 7.28. The molecule has 1 heteroatoms.